The largest absolute Gasteiger partial charge is 0.616 e. The van der Waals surface area contributed by atoms with Crippen molar-refractivity contribution in [1.29, 1.82) is 0 Å². The Morgan fingerprint density at radius 2 is 1.97 bits per heavy atom. The summed E-state index contributed by atoms with van der Waals surface area (Å²) < 4.78 is 11.0. The fraction of sp³-hybridized carbons (Fsp3) is 0.577. The molecule has 0 saturated heterocycles. The predicted octanol–water partition coefficient (Wildman–Crippen LogP) is 4.11. The first-order valence-electron chi connectivity index (χ1n) is 11.5. The van der Waals surface area contributed by atoms with Gasteiger partial charge in [0.25, 0.3) is 5.91 Å². The summed E-state index contributed by atoms with van der Waals surface area (Å²) in [7, 11) is 0. The van der Waals surface area contributed by atoms with Gasteiger partial charge in [-0.3, -0.25) is 9.69 Å². The maximum atomic E-state index is 12.0. The maximum absolute atomic E-state index is 12.0. The molecule has 168 valence electrons. The summed E-state index contributed by atoms with van der Waals surface area (Å²) in [5, 5.41) is 0. The molecule has 1 saturated carbocycles. The summed E-state index contributed by atoms with van der Waals surface area (Å²) in [6, 6.07) is 8.61. The van der Waals surface area contributed by atoms with Crippen LogP contribution in [-0.4, -0.2) is 46.0 Å². The van der Waals surface area contributed by atoms with E-state index >= 15 is 0 Å². The highest BCUT2D eigenvalue weighted by Crippen LogP contribution is 2.27. The average Bonchev–Trinajstić information content (AvgIpc) is 2.79. The van der Waals surface area contributed by atoms with Gasteiger partial charge in [0.1, 0.15) is 0 Å². The second-order valence-corrected chi connectivity index (χ2v) is 11.0. The second-order valence-electron chi connectivity index (χ2n) is 9.17. The molecule has 0 radical (unpaired) electrons. The molecule has 1 heterocycles. The van der Waals surface area contributed by atoms with Crippen LogP contribution in [0.15, 0.2) is 30.3 Å². The van der Waals surface area contributed by atoms with Crippen LogP contribution in [0.4, 0.5) is 0 Å². The van der Waals surface area contributed by atoms with Crippen LogP contribution in [0.5, 0.6) is 0 Å². The summed E-state index contributed by atoms with van der Waals surface area (Å²) in [5.41, 5.74) is 9.20. The van der Waals surface area contributed by atoms with Crippen molar-refractivity contribution in [1.82, 2.24) is 4.90 Å². The van der Waals surface area contributed by atoms with Crippen LogP contribution in [0.2, 0.25) is 0 Å². The molecule has 0 spiro atoms. The maximum Gasteiger partial charge on any atom is 0.273 e. The van der Waals surface area contributed by atoms with E-state index in [-0.39, 0.29) is 0 Å². The molecule has 0 bridgehead atoms. The van der Waals surface area contributed by atoms with Crippen molar-refractivity contribution < 1.29 is 9.35 Å². The van der Waals surface area contributed by atoms with Gasteiger partial charge in [0.2, 0.25) is 4.75 Å². The lowest BCUT2D eigenvalue weighted by Gasteiger charge is -2.31. The number of carbonyl (C=O) groups excluding carboxylic acids is 1. The monoisotopic (exact) mass is 440 g/mol. The summed E-state index contributed by atoms with van der Waals surface area (Å²) in [4.78, 5) is 14.0. The first-order valence-corrected chi connectivity index (χ1v) is 13.1. The first-order chi connectivity index (χ1) is 14.9. The van der Waals surface area contributed by atoms with Gasteiger partial charge < -0.3 is 10.3 Å². The third-order valence-electron chi connectivity index (χ3n) is 6.96. The van der Waals surface area contributed by atoms with Gasteiger partial charge in [-0.05, 0) is 66.5 Å². The van der Waals surface area contributed by atoms with Crippen LogP contribution in [0.1, 0.15) is 69.4 Å². The molecule has 1 fully saturated rings. The molecular weight excluding hydrogens is 404 g/mol. The van der Waals surface area contributed by atoms with Crippen LogP contribution in [0, 0.1) is 17.8 Å². The number of amides is 1. The van der Waals surface area contributed by atoms with Crippen molar-refractivity contribution in [3.05, 3.63) is 41.5 Å². The average molecular weight is 441 g/mol. The van der Waals surface area contributed by atoms with Crippen LogP contribution < -0.4 is 5.73 Å². The topological polar surface area (TPSA) is 69.4 Å². The zero-order valence-corrected chi connectivity index (χ0v) is 19.8. The van der Waals surface area contributed by atoms with E-state index in [0.29, 0.717) is 6.42 Å². The predicted molar refractivity (Wildman–Crippen MR) is 130 cm³/mol. The lowest BCUT2D eigenvalue weighted by atomic mass is 9.87. The summed E-state index contributed by atoms with van der Waals surface area (Å²) in [5.74, 6) is 7.05. The lowest BCUT2D eigenvalue weighted by molar-refractivity contribution is -0.120. The molecule has 1 amide bonds. The van der Waals surface area contributed by atoms with E-state index in [9.17, 15) is 9.35 Å². The smallest absolute Gasteiger partial charge is 0.273 e. The first kappa shape index (κ1) is 23.9. The third kappa shape index (κ3) is 6.62. The minimum Gasteiger partial charge on any atom is -0.616 e. The van der Waals surface area contributed by atoms with Crippen LogP contribution in [0.25, 0.3) is 5.57 Å². The molecule has 1 aliphatic heterocycles. The molecule has 4 nitrogen and oxygen atoms in total. The van der Waals surface area contributed by atoms with Crippen molar-refractivity contribution in [3.8, 4) is 11.8 Å². The Labute approximate surface area is 190 Å². The van der Waals surface area contributed by atoms with Gasteiger partial charge in [-0.25, -0.2) is 0 Å². The summed E-state index contributed by atoms with van der Waals surface area (Å²) in [6.07, 6.45) is 13.2. The normalized spacial score (nSPS) is 20.8. The highest BCUT2D eigenvalue weighted by Gasteiger charge is 2.41. The highest BCUT2D eigenvalue weighted by atomic mass is 32.2. The van der Waals surface area contributed by atoms with E-state index in [4.69, 9.17) is 5.73 Å². The van der Waals surface area contributed by atoms with E-state index in [2.05, 4.69) is 47.1 Å². The van der Waals surface area contributed by atoms with Gasteiger partial charge in [0, 0.05) is 38.0 Å². The van der Waals surface area contributed by atoms with E-state index in [1.165, 1.54) is 43.2 Å². The Kier molecular flexibility index (Phi) is 8.66. The molecule has 2 unspecified atom stereocenters. The molecular formula is C26H36N2O2S. The lowest BCUT2D eigenvalue weighted by Crippen LogP contribution is -2.49. The highest BCUT2D eigenvalue weighted by molar-refractivity contribution is 7.92. The second kappa shape index (κ2) is 11.2. The molecule has 1 aliphatic carbocycles. The summed E-state index contributed by atoms with van der Waals surface area (Å²) >= 11 is -1.27. The minimum absolute atomic E-state index is 0.483. The Morgan fingerprint density at radius 1 is 1.26 bits per heavy atom. The van der Waals surface area contributed by atoms with Gasteiger partial charge in [0.15, 0.2) is 0 Å². The third-order valence-corrected chi connectivity index (χ3v) is 8.63. The van der Waals surface area contributed by atoms with Crippen LogP contribution in [0.3, 0.4) is 0 Å². The number of rotatable bonds is 7. The Balaban J connectivity index is 1.50. The molecule has 2 aliphatic rings. The number of benzene rings is 1. The number of primary amides is 1. The fourth-order valence-corrected chi connectivity index (χ4v) is 5.07. The molecule has 1 aromatic carbocycles. The van der Waals surface area contributed by atoms with E-state index in [1.807, 2.05) is 0 Å². The van der Waals surface area contributed by atoms with Gasteiger partial charge in [-0.15, -0.1) is 0 Å². The zero-order valence-electron chi connectivity index (χ0n) is 19.0. The Morgan fingerprint density at radius 3 is 2.55 bits per heavy atom. The molecule has 2 N–H and O–H groups in total. The SMILES string of the molecule is C[S+]([O-])C(C)(CCN1CC=C(c2ccc(C#CCC3CCCCC3)cc2)CC1)C(N)=O. The minimum atomic E-state index is -1.27. The Bertz CT molecular complexity index is 831. The molecule has 5 heteroatoms. The molecule has 2 atom stereocenters. The Hall–Kier alpha value is -1.74. The van der Waals surface area contributed by atoms with E-state index < -0.39 is 21.8 Å². The standard InChI is InChI=1S/C26H36N2O2S/c1-26(25(27)29,31(2)30)17-20-28-18-15-24(16-19-28)23-13-11-22(12-14-23)10-6-9-21-7-4-3-5-8-21/h11-15,21H,3-5,7-9,16-20H2,1-2H3,(H2,27,29). The van der Waals surface area contributed by atoms with Gasteiger partial charge in [-0.1, -0.05) is 49.3 Å². The summed E-state index contributed by atoms with van der Waals surface area (Å²) in [6.45, 7) is 4.19. The van der Waals surface area contributed by atoms with Gasteiger partial charge in [0.05, 0.1) is 6.26 Å². The quantitative estimate of drug-likeness (QED) is 0.512. The van der Waals surface area contributed by atoms with Gasteiger partial charge >= 0.3 is 0 Å². The number of hydrogen-bond acceptors (Lipinski definition) is 3. The van der Waals surface area contributed by atoms with Crippen LogP contribution in [-0.2, 0) is 16.0 Å². The molecule has 0 aromatic heterocycles. The van der Waals surface area contributed by atoms with Crippen molar-refractivity contribution in [2.24, 2.45) is 11.7 Å². The van der Waals surface area contributed by atoms with Crippen molar-refractivity contribution in [2.75, 3.05) is 25.9 Å². The van der Waals surface area contributed by atoms with Crippen molar-refractivity contribution in [2.45, 2.75) is 63.0 Å². The van der Waals surface area contributed by atoms with Crippen molar-refractivity contribution in [3.63, 3.8) is 0 Å². The van der Waals surface area contributed by atoms with Crippen molar-refractivity contribution >= 4 is 22.7 Å². The van der Waals surface area contributed by atoms with E-state index in [0.717, 1.165) is 44.0 Å². The van der Waals surface area contributed by atoms with Crippen LogP contribution >= 0.6 is 0 Å². The number of hydrogen-bond donors (Lipinski definition) is 1. The molecule has 31 heavy (non-hydrogen) atoms. The zero-order chi connectivity index (χ0) is 22.3. The molecule has 1 aromatic rings. The number of carbonyl (C=O) groups is 1. The molecule has 3 rings (SSSR count). The number of nitrogens with two attached hydrogens (primary N) is 1. The van der Waals surface area contributed by atoms with Gasteiger partial charge in [-0.2, -0.15) is 0 Å². The fourth-order valence-electron chi connectivity index (χ4n) is 4.41. The van der Waals surface area contributed by atoms with E-state index in [1.54, 1.807) is 13.2 Å². The number of nitrogens with zero attached hydrogens (tertiary/aromatic N) is 1.